The van der Waals surface area contributed by atoms with Gasteiger partial charge in [-0.15, -0.1) is 0 Å². The van der Waals surface area contributed by atoms with E-state index in [4.69, 9.17) is 4.42 Å². The Labute approximate surface area is 127 Å². The fraction of sp³-hybridized carbons (Fsp3) is 0.429. The summed E-state index contributed by atoms with van der Waals surface area (Å²) in [5.74, 6) is 1.14. The van der Waals surface area contributed by atoms with Crippen LogP contribution < -0.4 is 10.6 Å². The van der Waals surface area contributed by atoms with Gasteiger partial charge in [-0.2, -0.15) is 0 Å². The Balaban J connectivity index is 1.80. The highest BCUT2D eigenvalue weighted by molar-refractivity contribution is 5.69. The molecular weight excluding hydrogens is 286 g/mol. The van der Waals surface area contributed by atoms with Crippen LogP contribution in [0.2, 0.25) is 0 Å². The smallest absolute Gasteiger partial charge is 0.353 e. The highest BCUT2D eigenvalue weighted by Gasteiger charge is 2.25. The van der Waals surface area contributed by atoms with E-state index in [-0.39, 0.29) is 23.4 Å². The van der Waals surface area contributed by atoms with Gasteiger partial charge in [-0.3, -0.25) is 10.1 Å². The molecule has 8 nitrogen and oxygen atoms in total. The Morgan fingerprint density at radius 1 is 1.32 bits per heavy atom. The van der Waals surface area contributed by atoms with Gasteiger partial charge < -0.3 is 15.1 Å². The van der Waals surface area contributed by atoms with Crippen molar-refractivity contribution in [3.05, 3.63) is 40.6 Å². The van der Waals surface area contributed by atoms with E-state index in [1.54, 1.807) is 18.4 Å². The third-order valence-corrected chi connectivity index (χ3v) is 3.71. The molecular formula is C14H17N5O3. The molecule has 22 heavy (non-hydrogen) atoms. The van der Waals surface area contributed by atoms with Gasteiger partial charge in [0.05, 0.1) is 17.7 Å². The van der Waals surface area contributed by atoms with Gasteiger partial charge in [0.15, 0.2) is 0 Å². The molecule has 1 aliphatic carbocycles. The maximum atomic E-state index is 11.4. The van der Waals surface area contributed by atoms with E-state index in [1.807, 2.05) is 0 Å². The molecule has 0 bridgehead atoms. The number of nitro groups is 1. The molecule has 0 saturated heterocycles. The van der Waals surface area contributed by atoms with E-state index in [0.717, 1.165) is 25.7 Å². The average Bonchev–Trinajstić information content (AvgIpc) is 3.18. The Morgan fingerprint density at radius 2 is 2.09 bits per heavy atom. The summed E-state index contributed by atoms with van der Waals surface area (Å²) in [6, 6.07) is 3.79. The third kappa shape index (κ3) is 3.16. The summed E-state index contributed by atoms with van der Waals surface area (Å²) in [7, 11) is 0. The number of anilines is 2. The molecule has 116 valence electrons. The number of hydrogen-bond acceptors (Lipinski definition) is 7. The van der Waals surface area contributed by atoms with Crippen LogP contribution in [0.5, 0.6) is 0 Å². The molecule has 1 aliphatic rings. The second-order valence-corrected chi connectivity index (χ2v) is 5.24. The zero-order valence-corrected chi connectivity index (χ0v) is 12.0. The van der Waals surface area contributed by atoms with Gasteiger partial charge >= 0.3 is 5.69 Å². The average molecular weight is 303 g/mol. The van der Waals surface area contributed by atoms with E-state index >= 15 is 0 Å². The van der Waals surface area contributed by atoms with Gasteiger partial charge in [0.1, 0.15) is 12.1 Å². The van der Waals surface area contributed by atoms with Crippen LogP contribution in [0.3, 0.4) is 0 Å². The molecule has 0 radical (unpaired) electrons. The van der Waals surface area contributed by atoms with Crippen LogP contribution in [0.15, 0.2) is 29.1 Å². The van der Waals surface area contributed by atoms with Crippen molar-refractivity contribution in [1.29, 1.82) is 0 Å². The van der Waals surface area contributed by atoms with Gasteiger partial charge in [0, 0.05) is 6.04 Å². The Morgan fingerprint density at radius 3 is 2.77 bits per heavy atom. The summed E-state index contributed by atoms with van der Waals surface area (Å²) in [5, 5.41) is 17.5. The molecule has 2 N–H and O–H groups in total. The molecule has 2 aromatic heterocycles. The van der Waals surface area contributed by atoms with Crippen molar-refractivity contribution in [3.63, 3.8) is 0 Å². The van der Waals surface area contributed by atoms with Crippen molar-refractivity contribution in [2.24, 2.45) is 0 Å². The SMILES string of the molecule is O=[N+]([O-])c1c(NCc2ccco2)ncnc1NC1CCCC1. The van der Waals surface area contributed by atoms with Crippen molar-refractivity contribution in [1.82, 2.24) is 9.97 Å². The lowest BCUT2D eigenvalue weighted by molar-refractivity contribution is -0.383. The van der Waals surface area contributed by atoms with Crippen molar-refractivity contribution < 1.29 is 9.34 Å². The number of furan rings is 1. The largest absolute Gasteiger partial charge is 0.467 e. The molecule has 2 heterocycles. The van der Waals surface area contributed by atoms with Crippen LogP contribution in [0, 0.1) is 10.1 Å². The van der Waals surface area contributed by atoms with Crippen molar-refractivity contribution >= 4 is 17.3 Å². The molecule has 8 heteroatoms. The van der Waals surface area contributed by atoms with Crippen molar-refractivity contribution in [2.45, 2.75) is 38.3 Å². The number of hydrogen-bond donors (Lipinski definition) is 2. The molecule has 0 aliphatic heterocycles. The Kier molecular flexibility index (Phi) is 4.17. The zero-order valence-electron chi connectivity index (χ0n) is 12.0. The molecule has 1 saturated carbocycles. The monoisotopic (exact) mass is 303 g/mol. The first-order valence-corrected chi connectivity index (χ1v) is 7.26. The van der Waals surface area contributed by atoms with E-state index in [9.17, 15) is 10.1 Å². The highest BCUT2D eigenvalue weighted by Crippen LogP contribution is 2.31. The fourth-order valence-electron chi connectivity index (χ4n) is 2.63. The maximum Gasteiger partial charge on any atom is 0.353 e. The number of nitrogens with zero attached hydrogens (tertiary/aromatic N) is 3. The lowest BCUT2D eigenvalue weighted by Crippen LogP contribution is -2.17. The molecule has 0 atom stereocenters. The van der Waals surface area contributed by atoms with Crippen molar-refractivity contribution in [3.8, 4) is 0 Å². The van der Waals surface area contributed by atoms with Crippen LogP contribution in [0.1, 0.15) is 31.4 Å². The van der Waals surface area contributed by atoms with Crippen LogP contribution in [0.25, 0.3) is 0 Å². The van der Waals surface area contributed by atoms with Crippen LogP contribution in [-0.4, -0.2) is 20.9 Å². The summed E-state index contributed by atoms with van der Waals surface area (Å²) >= 11 is 0. The Bertz CT molecular complexity index is 638. The lowest BCUT2D eigenvalue weighted by Gasteiger charge is -2.13. The van der Waals surface area contributed by atoms with E-state index in [2.05, 4.69) is 20.6 Å². The van der Waals surface area contributed by atoms with Gasteiger partial charge in [-0.25, -0.2) is 9.97 Å². The maximum absolute atomic E-state index is 11.4. The third-order valence-electron chi connectivity index (χ3n) is 3.71. The summed E-state index contributed by atoms with van der Waals surface area (Å²) in [6.45, 7) is 0.327. The van der Waals surface area contributed by atoms with E-state index < -0.39 is 4.92 Å². The van der Waals surface area contributed by atoms with Gasteiger partial charge in [-0.05, 0) is 25.0 Å². The summed E-state index contributed by atoms with van der Waals surface area (Å²) in [5.41, 5.74) is -0.124. The number of rotatable bonds is 6. The van der Waals surface area contributed by atoms with E-state index in [1.165, 1.54) is 6.33 Å². The quantitative estimate of drug-likeness (QED) is 0.624. The van der Waals surface area contributed by atoms with Crippen LogP contribution in [-0.2, 0) is 6.54 Å². The highest BCUT2D eigenvalue weighted by atomic mass is 16.6. The molecule has 0 amide bonds. The number of aromatic nitrogens is 2. The molecule has 0 aromatic carbocycles. The van der Waals surface area contributed by atoms with Gasteiger partial charge in [-0.1, -0.05) is 12.8 Å². The molecule has 2 aromatic rings. The summed E-state index contributed by atoms with van der Waals surface area (Å²) in [4.78, 5) is 19.0. The first-order valence-electron chi connectivity index (χ1n) is 7.26. The standard InChI is InChI=1S/C14H17N5O3/c20-19(21)12-13(15-8-11-6-3-7-22-11)16-9-17-14(12)18-10-4-1-2-5-10/h3,6-7,9-10H,1-2,4-5,8H2,(H2,15,16,17,18). The summed E-state index contributed by atoms with van der Waals surface area (Å²) in [6.07, 6.45) is 7.18. The molecule has 3 rings (SSSR count). The molecule has 1 fully saturated rings. The fourth-order valence-corrected chi connectivity index (χ4v) is 2.63. The topological polar surface area (TPSA) is 106 Å². The molecule has 0 unspecified atom stereocenters. The van der Waals surface area contributed by atoms with Crippen LogP contribution >= 0.6 is 0 Å². The minimum atomic E-state index is -0.457. The van der Waals surface area contributed by atoms with Crippen LogP contribution in [0.4, 0.5) is 17.3 Å². The minimum absolute atomic E-state index is 0.124. The Hall–Kier alpha value is -2.64. The van der Waals surface area contributed by atoms with Crippen molar-refractivity contribution in [2.75, 3.05) is 10.6 Å². The van der Waals surface area contributed by atoms with E-state index in [0.29, 0.717) is 12.3 Å². The summed E-state index contributed by atoms with van der Waals surface area (Å²) < 4.78 is 5.20. The van der Waals surface area contributed by atoms with Gasteiger partial charge in [0.2, 0.25) is 11.6 Å². The predicted molar refractivity (Wildman–Crippen MR) is 80.6 cm³/mol. The van der Waals surface area contributed by atoms with Gasteiger partial charge in [0.25, 0.3) is 0 Å². The molecule has 0 spiro atoms. The zero-order chi connectivity index (χ0) is 15.4. The lowest BCUT2D eigenvalue weighted by atomic mass is 10.2. The normalized spacial score (nSPS) is 14.9. The predicted octanol–water partition coefficient (Wildman–Crippen LogP) is 2.94. The second kappa shape index (κ2) is 6.42. The first kappa shape index (κ1) is 14.3. The number of nitrogens with one attached hydrogen (secondary N) is 2. The second-order valence-electron chi connectivity index (χ2n) is 5.24. The minimum Gasteiger partial charge on any atom is -0.467 e. The first-order chi connectivity index (χ1) is 10.7.